The summed E-state index contributed by atoms with van der Waals surface area (Å²) in [5.41, 5.74) is 2.39. The van der Waals surface area contributed by atoms with Crippen LogP contribution in [0.2, 0.25) is 0 Å². The molecule has 0 aliphatic rings. The average molecular weight is 273 g/mol. The molecule has 0 radical (unpaired) electrons. The monoisotopic (exact) mass is 273 g/mol. The Kier molecular flexibility index (Phi) is 5.18. The fraction of sp³-hybridized carbons (Fsp3) is 0.438. The number of aromatic nitrogens is 2. The number of benzene rings is 1. The van der Waals surface area contributed by atoms with Gasteiger partial charge >= 0.3 is 0 Å². The van der Waals surface area contributed by atoms with Gasteiger partial charge < -0.3 is 10.1 Å². The highest BCUT2D eigenvalue weighted by molar-refractivity contribution is 5.34. The lowest BCUT2D eigenvalue weighted by Crippen LogP contribution is -2.25. The Morgan fingerprint density at radius 1 is 1.30 bits per heavy atom. The third kappa shape index (κ3) is 3.20. The van der Waals surface area contributed by atoms with Crippen LogP contribution in [0.15, 0.2) is 36.5 Å². The second-order valence-corrected chi connectivity index (χ2v) is 4.74. The van der Waals surface area contributed by atoms with Crippen molar-refractivity contribution < 1.29 is 4.74 Å². The zero-order chi connectivity index (χ0) is 14.4. The lowest BCUT2D eigenvalue weighted by atomic mass is 10.0. The number of nitrogens with zero attached hydrogens (tertiary/aromatic N) is 2. The van der Waals surface area contributed by atoms with E-state index in [2.05, 4.69) is 42.5 Å². The Morgan fingerprint density at radius 3 is 2.85 bits per heavy atom. The van der Waals surface area contributed by atoms with Crippen LogP contribution in [0.5, 0.6) is 5.75 Å². The van der Waals surface area contributed by atoms with E-state index in [1.807, 2.05) is 23.0 Å². The Bertz CT molecular complexity index is 536. The first kappa shape index (κ1) is 14.6. The molecule has 4 heteroatoms. The van der Waals surface area contributed by atoms with Gasteiger partial charge in [-0.2, -0.15) is 5.10 Å². The highest BCUT2D eigenvalue weighted by Gasteiger charge is 2.17. The van der Waals surface area contributed by atoms with Crippen LogP contribution in [0.25, 0.3) is 0 Å². The zero-order valence-electron chi connectivity index (χ0n) is 12.5. The Hall–Kier alpha value is -1.81. The Labute approximate surface area is 120 Å². The lowest BCUT2D eigenvalue weighted by Gasteiger charge is -2.20. The van der Waals surface area contributed by atoms with Gasteiger partial charge in [0.25, 0.3) is 0 Å². The van der Waals surface area contributed by atoms with Gasteiger partial charge in [0, 0.05) is 12.7 Å². The number of hydrogen-bond donors (Lipinski definition) is 1. The van der Waals surface area contributed by atoms with Crippen LogP contribution < -0.4 is 10.1 Å². The highest BCUT2D eigenvalue weighted by Crippen LogP contribution is 2.25. The maximum atomic E-state index is 5.33. The van der Waals surface area contributed by atoms with Crippen LogP contribution in [-0.4, -0.2) is 23.4 Å². The maximum Gasteiger partial charge on any atom is 0.119 e. The quantitative estimate of drug-likeness (QED) is 0.843. The minimum absolute atomic E-state index is 0.146. The normalized spacial score (nSPS) is 12.3. The minimum atomic E-state index is 0.146. The first-order valence-corrected chi connectivity index (χ1v) is 7.19. The molecule has 0 aliphatic carbocycles. The van der Waals surface area contributed by atoms with Crippen molar-refractivity contribution in [1.82, 2.24) is 15.1 Å². The molecule has 1 N–H and O–H groups in total. The number of methoxy groups -OCH3 is 1. The first-order valence-electron chi connectivity index (χ1n) is 7.19. The molecule has 0 aliphatic heterocycles. The third-order valence-corrected chi connectivity index (χ3v) is 3.37. The van der Waals surface area contributed by atoms with E-state index in [1.54, 1.807) is 7.11 Å². The molecule has 1 unspecified atom stereocenters. The minimum Gasteiger partial charge on any atom is -0.497 e. The molecule has 0 bridgehead atoms. The molecule has 1 heterocycles. The molecule has 4 nitrogen and oxygen atoms in total. The largest absolute Gasteiger partial charge is 0.497 e. The van der Waals surface area contributed by atoms with Gasteiger partial charge in [-0.25, -0.2) is 0 Å². The second-order valence-electron chi connectivity index (χ2n) is 4.74. The van der Waals surface area contributed by atoms with Crippen molar-refractivity contribution in [3.8, 4) is 5.75 Å². The molecule has 20 heavy (non-hydrogen) atoms. The van der Waals surface area contributed by atoms with Crippen molar-refractivity contribution >= 4 is 0 Å². The van der Waals surface area contributed by atoms with Gasteiger partial charge in [0.1, 0.15) is 5.75 Å². The number of aryl methyl sites for hydroxylation is 1. The second kappa shape index (κ2) is 7.10. The SMILES string of the molecule is CCCNC(c1cccc(OC)c1)c1ccnn1CC. The molecule has 0 amide bonds. The van der Waals surface area contributed by atoms with Crippen molar-refractivity contribution in [2.75, 3.05) is 13.7 Å². The molecule has 2 aromatic rings. The summed E-state index contributed by atoms with van der Waals surface area (Å²) < 4.78 is 7.37. The standard InChI is InChI=1S/C16H23N3O/c1-4-10-17-16(15-9-11-18-19(15)5-2)13-7-6-8-14(12-13)20-3/h6-9,11-12,16-17H,4-5,10H2,1-3H3. The van der Waals surface area contributed by atoms with Crippen LogP contribution >= 0.6 is 0 Å². The summed E-state index contributed by atoms with van der Waals surface area (Å²) >= 11 is 0. The summed E-state index contributed by atoms with van der Waals surface area (Å²) in [5.74, 6) is 0.883. The molecule has 1 aromatic carbocycles. The summed E-state index contributed by atoms with van der Waals surface area (Å²) in [5, 5.41) is 7.97. The van der Waals surface area contributed by atoms with Crippen LogP contribution in [0.4, 0.5) is 0 Å². The van der Waals surface area contributed by atoms with E-state index < -0.39 is 0 Å². The average Bonchev–Trinajstić information content (AvgIpc) is 2.96. The van der Waals surface area contributed by atoms with E-state index in [9.17, 15) is 0 Å². The van der Waals surface area contributed by atoms with E-state index in [1.165, 1.54) is 11.3 Å². The molecule has 0 saturated carbocycles. The predicted molar refractivity (Wildman–Crippen MR) is 81.0 cm³/mol. The topological polar surface area (TPSA) is 39.1 Å². The van der Waals surface area contributed by atoms with Gasteiger partial charge in [-0.3, -0.25) is 4.68 Å². The van der Waals surface area contributed by atoms with Gasteiger partial charge in [0.05, 0.1) is 18.8 Å². The van der Waals surface area contributed by atoms with Crippen molar-refractivity contribution in [3.05, 3.63) is 47.8 Å². The van der Waals surface area contributed by atoms with Crippen molar-refractivity contribution in [3.63, 3.8) is 0 Å². The Morgan fingerprint density at radius 2 is 2.15 bits per heavy atom. The lowest BCUT2D eigenvalue weighted by molar-refractivity contribution is 0.413. The molecule has 0 saturated heterocycles. The predicted octanol–water partition coefficient (Wildman–Crippen LogP) is 3.00. The van der Waals surface area contributed by atoms with Crippen LogP contribution in [0, 0.1) is 0 Å². The van der Waals surface area contributed by atoms with Crippen molar-refractivity contribution in [2.24, 2.45) is 0 Å². The van der Waals surface area contributed by atoms with Gasteiger partial charge in [-0.05, 0) is 43.7 Å². The number of nitrogens with one attached hydrogen (secondary N) is 1. The van der Waals surface area contributed by atoms with Crippen LogP contribution in [0.3, 0.4) is 0 Å². The first-order chi connectivity index (χ1) is 9.80. The van der Waals surface area contributed by atoms with Crippen molar-refractivity contribution in [1.29, 1.82) is 0 Å². The van der Waals surface area contributed by atoms with E-state index in [0.29, 0.717) is 0 Å². The molecular formula is C16H23N3O. The van der Waals surface area contributed by atoms with Gasteiger partial charge in [0.15, 0.2) is 0 Å². The van der Waals surface area contributed by atoms with E-state index >= 15 is 0 Å². The Balaban J connectivity index is 2.36. The molecule has 0 spiro atoms. The molecule has 1 atom stereocenters. The molecule has 1 aromatic heterocycles. The van der Waals surface area contributed by atoms with Crippen molar-refractivity contribution in [2.45, 2.75) is 32.9 Å². The molecule has 108 valence electrons. The zero-order valence-corrected chi connectivity index (χ0v) is 12.5. The maximum absolute atomic E-state index is 5.33. The van der Waals surface area contributed by atoms with E-state index in [0.717, 1.165) is 25.3 Å². The number of hydrogen-bond acceptors (Lipinski definition) is 3. The summed E-state index contributed by atoms with van der Waals surface area (Å²) in [6.45, 7) is 6.12. The smallest absolute Gasteiger partial charge is 0.119 e. The number of rotatable bonds is 7. The van der Waals surface area contributed by atoms with Gasteiger partial charge in [-0.15, -0.1) is 0 Å². The summed E-state index contributed by atoms with van der Waals surface area (Å²) in [7, 11) is 1.70. The van der Waals surface area contributed by atoms with E-state index in [4.69, 9.17) is 4.74 Å². The van der Waals surface area contributed by atoms with Gasteiger partial charge in [0.2, 0.25) is 0 Å². The van der Waals surface area contributed by atoms with Crippen LogP contribution in [0.1, 0.15) is 37.6 Å². The van der Waals surface area contributed by atoms with Crippen LogP contribution in [-0.2, 0) is 6.54 Å². The third-order valence-electron chi connectivity index (χ3n) is 3.37. The summed E-state index contributed by atoms with van der Waals surface area (Å²) in [6.07, 6.45) is 2.96. The fourth-order valence-electron chi connectivity index (χ4n) is 2.36. The molecular weight excluding hydrogens is 250 g/mol. The fourth-order valence-corrected chi connectivity index (χ4v) is 2.36. The summed E-state index contributed by atoms with van der Waals surface area (Å²) in [4.78, 5) is 0. The number of ether oxygens (including phenoxy) is 1. The van der Waals surface area contributed by atoms with Gasteiger partial charge in [-0.1, -0.05) is 19.1 Å². The molecule has 2 rings (SSSR count). The molecule has 0 fully saturated rings. The highest BCUT2D eigenvalue weighted by atomic mass is 16.5. The summed E-state index contributed by atoms with van der Waals surface area (Å²) in [6, 6.07) is 10.4. The van der Waals surface area contributed by atoms with E-state index in [-0.39, 0.29) is 6.04 Å².